The minimum Gasteiger partial charge on any atom is -0.306 e. The van der Waals surface area contributed by atoms with Crippen molar-refractivity contribution in [2.45, 2.75) is 12.4 Å². The van der Waals surface area contributed by atoms with Crippen LogP contribution in [0.5, 0.6) is 0 Å². The topological polar surface area (TPSA) is 118 Å². The van der Waals surface area contributed by atoms with Crippen LogP contribution in [-0.4, -0.2) is 36.9 Å². The summed E-state index contributed by atoms with van der Waals surface area (Å²) in [6.45, 7) is 0. The van der Waals surface area contributed by atoms with Gasteiger partial charge in [0.05, 0.1) is 35.2 Å². The van der Waals surface area contributed by atoms with E-state index in [-0.39, 0.29) is 11.4 Å². The van der Waals surface area contributed by atoms with Crippen LogP contribution >= 0.6 is 0 Å². The van der Waals surface area contributed by atoms with Crippen molar-refractivity contribution in [2.24, 2.45) is 0 Å². The van der Waals surface area contributed by atoms with Gasteiger partial charge in [0, 0.05) is 35.9 Å². The number of rotatable bonds is 4. The van der Waals surface area contributed by atoms with Crippen LogP contribution in [0.4, 0.5) is 26.3 Å². The average Bonchev–Trinajstić information content (AvgIpc) is 3.57. The summed E-state index contributed by atoms with van der Waals surface area (Å²) in [6, 6.07) is 5.32. The summed E-state index contributed by atoms with van der Waals surface area (Å²) in [7, 11) is 0. The van der Waals surface area contributed by atoms with E-state index in [9.17, 15) is 35.9 Å². The van der Waals surface area contributed by atoms with Crippen molar-refractivity contribution in [3.05, 3.63) is 96.1 Å². The highest BCUT2D eigenvalue weighted by Gasteiger charge is 2.36. The van der Waals surface area contributed by atoms with Crippen LogP contribution in [0, 0.1) is 5.41 Å². The smallest absolute Gasteiger partial charge is 0.306 e. The van der Waals surface area contributed by atoms with E-state index in [1.54, 1.807) is 0 Å². The third-order valence-electron chi connectivity index (χ3n) is 5.17. The Kier molecular flexibility index (Phi) is 6.76. The second kappa shape index (κ2) is 9.84. The predicted octanol–water partition coefficient (Wildman–Crippen LogP) is 4.19. The number of benzene rings is 2. The number of halogens is 6. The van der Waals surface area contributed by atoms with Crippen molar-refractivity contribution in [3.63, 3.8) is 0 Å². The van der Waals surface area contributed by atoms with Gasteiger partial charge in [-0.15, -0.1) is 0 Å². The molecule has 3 N–H and O–H groups in total. The fraction of sp³-hybridized carbons (Fsp3) is 0.0870. The van der Waals surface area contributed by atoms with Gasteiger partial charge < -0.3 is 9.13 Å². The molecule has 0 aliphatic heterocycles. The zero-order valence-electron chi connectivity index (χ0n) is 18.8. The van der Waals surface area contributed by atoms with E-state index in [4.69, 9.17) is 5.41 Å². The van der Waals surface area contributed by atoms with E-state index >= 15 is 0 Å². The number of amides is 2. The molecule has 4 aromatic rings. The molecule has 0 unspecified atom stereocenters. The Morgan fingerprint density at radius 3 is 1.42 bits per heavy atom. The lowest BCUT2D eigenvalue weighted by atomic mass is 10.1. The fourth-order valence-electron chi connectivity index (χ4n) is 3.46. The van der Waals surface area contributed by atoms with Crippen molar-refractivity contribution in [1.29, 1.82) is 5.41 Å². The maximum Gasteiger partial charge on any atom is 0.418 e. The molecule has 196 valence electrons. The summed E-state index contributed by atoms with van der Waals surface area (Å²) in [6.07, 6.45) is -2.29. The molecule has 2 aromatic heterocycles. The second-order valence-electron chi connectivity index (χ2n) is 7.68. The van der Waals surface area contributed by atoms with Crippen LogP contribution in [-0.2, 0) is 12.4 Å². The number of imidazole rings is 2. The van der Waals surface area contributed by atoms with Gasteiger partial charge in [0.15, 0.2) is 0 Å². The summed E-state index contributed by atoms with van der Waals surface area (Å²) in [5.74, 6) is -3.28. The van der Waals surface area contributed by atoms with E-state index < -0.39 is 52.4 Å². The van der Waals surface area contributed by atoms with Crippen molar-refractivity contribution in [3.8, 4) is 11.4 Å². The number of nitrogens with zero attached hydrogens (tertiary/aromatic N) is 4. The van der Waals surface area contributed by atoms with Crippen LogP contribution in [0.3, 0.4) is 0 Å². The first-order chi connectivity index (χ1) is 17.8. The molecule has 2 amide bonds. The maximum atomic E-state index is 13.6. The van der Waals surface area contributed by atoms with E-state index in [1.807, 2.05) is 10.6 Å². The Bertz CT molecular complexity index is 1380. The van der Waals surface area contributed by atoms with Gasteiger partial charge in [-0.2, -0.15) is 26.3 Å². The molecule has 0 saturated carbocycles. The monoisotopic (exact) mass is 535 g/mol. The highest BCUT2D eigenvalue weighted by Crippen LogP contribution is 2.35. The van der Waals surface area contributed by atoms with Gasteiger partial charge in [-0.25, -0.2) is 9.97 Å². The third-order valence-corrected chi connectivity index (χ3v) is 5.17. The molecule has 0 spiro atoms. The number of nitrogens with one attached hydrogen (secondary N) is 3. The summed E-state index contributed by atoms with van der Waals surface area (Å²) in [5, 5.41) is 11.6. The van der Waals surface area contributed by atoms with Gasteiger partial charge in [0.2, 0.25) is 5.96 Å². The zero-order chi connectivity index (χ0) is 27.7. The quantitative estimate of drug-likeness (QED) is 0.206. The predicted molar refractivity (Wildman–Crippen MR) is 120 cm³/mol. The molecule has 0 fully saturated rings. The van der Waals surface area contributed by atoms with Gasteiger partial charge in [-0.05, 0) is 36.4 Å². The summed E-state index contributed by atoms with van der Waals surface area (Å²) in [5.41, 5.74) is -3.87. The van der Waals surface area contributed by atoms with Crippen molar-refractivity contribution >= 4 is 17.8 Å². The second-order valence-corrected chi connectivity index (χ2v) is 7.68. The van der Waals surface area contributed by atoms with Gasteiger partial charge in [0.25, 0.3) is 11.8 Å². The zero-order valence-corrected chi connectivity index (χ0v) is 18.8. The molecule has 0 aliphatic carbocycles. The molecule has 38 heavy (non-hydrogen) atoms. The molecule has 0 atom stereocenters. The molecule has 2 aromatic carbocycles. The van der Waals surface area contributed by atoms with Crippen LogP contribution < -0.4 is 10.6 Å². The molecular weight excluding hydrogens is 520 g/mol. The number of alkyl halides is 6. The number of hydrogen-bond acceptors (Lipinski definition) is 5. The van der Waals surface area contributed by atoms with Crippen LogP contribution in [0.1, 0.15) is 31.8 Å². The summed E-state index contributed by atoms with van der Waals surface area (Å²) >= 11 is 0. The van der Waals surface area contributed by atoms with Gasteiger partial charge in [-0.3, -0.25) is 25.6 Å². The van der Waals surface area contributed by atoms with E-state index in [0.717, 1.165) is 46.1 Å². The number of hydrogen-bond donors (Lipinski definition) is 3. The number of carbonyl (C=O) groups is 2. The fourth-order valence-corrected chi connectivity index (χ4v) is 3.46. The molecule has 15 heteroatoms. The molecule has 9 nitrogen and oxygen atoms in total. The maximum absolute atomic E-state index is 13.6. The van der Waals surface area contributed by atoms with Gasteiger partial charge in [0.1, 0.15) is 0 Å². The molecule has 2 heterocycles. The van der Waals surface area contributed by atoms with Crippen LogP contribution in [0.2, 0.25) is 0 Å². The lowest BCUT2D eigenvalue weighted by Gasteiger charge is -2.16. The largest absolute Gasteiger partial charge is 0.418 e. The molecule has 0 radical (unpaired) electrons. The van der Waals surface area contributed by atoms with Gasteiger partial charge in [-0.1, -0.05) is 0 Å². The Morgan fingerprint density at radius 2 is 1.11 bits per heavy atom. The highest BCUT2D eigenvalue weighted by molar-refractivity contribution is 6.12. The average molecular weight is 535 g/mol. The molecule has 0 aliphatic rings. The number of guanidine groups is 1. The van der Waals surface area contributed by atoms with Crippen molar-refractivity contribution in [1.82, 2.24) is 29.7 Å². The van der Waals surface area contributed by atoms with Crippen LogP contribution in [0.15, 0.2) is 73.8 Å². The highest BCUT2D eigenvalue weighted by atomic mass is 19.4. The summed E-state index contributed by atoms with van der Waals surface area (Å²) in [4.78, 5) is 32.3. The van der Waals surface area contributed by atoms with E-state index in [2.05, 4.69) is 9.97 Å². The third kappa shape index (κ3) is 5.55. The van der Waals surface area contributed by atoms with Gasteiger partial charge >= 0.3 is 12.4 Å². The number of aromatic nitrogens is 4. The molecule has 4 rings (SSSR count). The number of carbonyl (C=O) groups excluding carboxylic acids is 2. The van der Waals surface area contributed by atoms with E-state index in [1.165, 1.54) is 24.8 Å². The molecular formula is C23H15F6N7O2. The summed E-state index contributed by atoms with van der Waals surface area (Å²) < 4.78 is 83.7. The lowest BCUT2D eigenvalue weighted by molar-refractivity contribution is -0.138. The Labute approximate surface area is 209 Å². The molecule has 0 saturated heterocycles. The Balaban J connectivity index is 1.51. The SMILES string of the molecule is N=C(NC(=O)c1ccc(-n2ccnc2)c(C(F)(F)F)c1)NC(=O)c1ccc(-n2ccnc2)c(C(F)(F)F)c1. The molecule has 0 bridgehead atoms. The minimum absolute atomic E-state index is 0.297. The first-order valence-electron chi connectivity index (χ1n) is 10.4. The van der Waals surface area contributed by atoms with E-state index in [0.29, 0.717) is 12.1 Å². The van der Waals surface area contributed by atoms with Crippen molar-refractivity contribution < 1.29 is 35.9 Å². The lowest BCUT2D eigenvalue weighted by Crippen LogP contribution is -2.43. The normalized spacial score (nSPS) is 11.7. The first kappa shape index (κ1) is 26.1. The van der Waals surface area contributed by atoms with Crippen molar-refractivity contribution in [2.75, 3.05) is 0 Å². The Morgan fingerprint density at radius 1 is 0.711 bits per heavy atom. The van der Waals surface area contributed by atoms with Crippen LogP contribution in [0.25, 0.3) is 11.4 Å². The standard InChI is InChI=1S/C23H15F6N7O2/c24-22(25,26)15-9-13(1-3-17(15)35-7-5-31-11-35)19(37)33-21(30)34-20(38)14-2-4-18(36-8-6-32-12-36)16(10-14)23(27,28)29/h1-12H,(H3,30,33,34,37,38). The Hall–Kier alpha value is -4.95. The first-order valence-corrected chi connectivity index (χ1v) is 10.4. The minimum atomic E-state index is -4.84.